The first-order valence-corrected chi connectivity index (χ1v) is 17.7. The second-order valence-electron chi connectivity index (χ2n) is 12.2. The fourth-order valence-electron chi connectivity index (χ4n) is 5.85. The molecule has 1 aromatic carbocycles. The Kier molecular flexibility index (Phi) is 17.4. The van der Waals surface area contributed by atoms with Gasteiger partial charge < -0.3 is 9.47 Å². The van der Waals surface area contributed by atoms with E-state index in [1.807, 2.05) is 12.1 Å². The number of aromatic nitrogens is 2. The normalized spacial score (nSPS) is 11.3. The van der Waals surface area contributed by atoms with Gasteiger partial charge in [-0.3, -0.25) is 9.97 Å². The van der Waals surface area contributed by atoms with Crippen molar-refractivity contribution in [2.24, 2.45) is 0 Å². The number of unbranched alkanes of at least 4 members (excludes halogenated alkanes) is 18. The Morgan fingerprint density at radius 2 is 0.795 bits per heavy atom. The van der Waals surface area contributed by atoms with Crippen LogP contribution in [0.5, 0.6) is 0 Å². The van der Waals surface area contributed by atoms with Gasteiger partial charge in [-0.15, -0.1) is 0 Å². The molecule has 0 bridgehead atoms. The summed E-state index contributed by atoms with van der Waals surface area (Å²) in [5.41, 5.74) is 2.11. The van der Waals surface area contributed by atoms with E-state index < -0.39 is 0 Å². The predicted octanol–water partition coefficient (Wildman–Crippen LogP) is 10.9. The van der Waals surface area contributed by atoms with Gasteiger partial charge in [-0.1, -0.05) is 142 Å². The zero-order valence-corrected chi connectivity index (χ0v) is 27.5. The highest BCUT2D eigenvalue weighted by Gasteiger charge is 2.18. The summed E-state index contributed by atoms with van der Waals surface area (Å²) in [6.45, 7) is 5.33. The van der Waals surface area contributed by atoms with E-state index >= 15 is 0 Å². The van der Waals surface area contributed by atoms with Crippen LogP contribution in [0.15, 0.2) is 36.7 Å². The first kappa shape index (κ1) is 35.5. The number of hydrogen-bond acceptors (Lipinski definition) is 6. The summed E-state index contributed by atoms with van der Waals surface area (Å²) in [6, 6.07) is 7.06. The van der Waals surface area contributed by atoms with E-state index in [2.05, 4.69) is 23.8 Å². The van der Waals surface area contributed by atoms with Gasteiger partial charge in [0.15, 0.2) is 0 Å². The minimum absolute atomic E-state index is 0.347. The van der Waals surface area contributed by atoms with E-state index in [0.29, 0.717) is 46.1 Å². The quantitative estimate of drug-likeness (QED) is 0.0575. The zero-order chi connectivity index (χ0) is 31.2. The van der Waals surface area contributed by atoms with Crippen LogP contribution in [-0.2, 0) is 9.47 Å². The Balaban J connectivity index is 1.45. The van der Waals surface area contributed by atoms with Gasteiger partial charge >= 0.3 is 11.9 Å². The number of pyridine rings is 2. The lowest BCUT2D eigenvalue weighted by molar-refractivity contribution is 0.0490. The number of ether oxygens (including phenoxy) is 2. The van der Waals surface area contributed by atoms with Crippen molar-refractivity contribution in [2.45, 2.75) is 142 Å². The third-order valence-corrected chi connectivity index (χ3v) is 8.52. The van der Waals surface area contributed by atoms with Crippen molar-refractivity contribution in [3.05, 3.63) is 47.8 Å². The number of benzene rings is 1. The molecule has 44 heavy (non-hydrogen) atoms. The number of carbonyl (C=O) groups is 2. The number of rotatable bonds is 24. The van der Waals surface area contributed by atoms with Gasteiger partial charge in [0.2, 0.25) is 0 Å². The molecule has 6 heteroatoms. The summed E-state index contributed by atoms with van der Waals surface area (Å²) in [6.07, 6.45) is 27.9. The minimum atomic E-state index is -0.347. The van der Waals surface area contributed by atoms with E-state index in [4.69, 9.17) is 9.47 Å². The van der Waals surface area contributed by atoms with E-state index in [-0.39, 0.29) is 11.9 Å². The van der Waals surface area contributed by atoms with E-state index in [1.54, 1.807) is 24.5 Å². The average molecular weight is 605 g/mol. The summed E-state index contributed by atoms with van der Waals surface area (Å²) in [5.74, 6) is -0.695. The van der Waals surface area contributed by atoms with Crippen molar-refractivity contribution in [1.29, 1.82) is 0 Å². The molecule has 2 heterocycles. The highest BCUT2D eigenvalue weighted by Crippen LogP contribution is 2.27. The maximum atomic E-state index is 13.0. The van der Waals surface area contributed by atoms with Crippen LogP contribution in [0.25, 0.3) is 21.8 Å². The Morgan fingerprint density at radius 1 is 0.477 bits per heavy atom. The van der Waals surface area contributed by atoms with Gasteiger partial charge in [0.1, 0.15) is 0 Å². The Bertz CT molecular complexity index is 1160. The van der Waals surface area contributed by atoms with Crippen LogP contribution in [0, 0.1) is 0 Å². The fourth-order valence-corrected chi connectivity index (χ4v) is 5.85. The summed E-state index contributed by atoms with van der Waals surface area (Å²) >= 11 is 0. The molecule has 0 saturated heterocycles. The molecule has 3 aromatic rings. The molecule has 2 aromatic heterocycles. The van der Waals surface area contributed by atoms with Crippen molar-refractivity contribution < 1.29 is 19.1 Å². The van der Waals surface area contributed by atoms with Crippen molar-refractivity contribution in [2.75, 3.05) is 13.2 Å². The third-order valence-electron chi connectivity index (χ3n) is 8.52. The van der Waals surface area contributed by atoms with Gasteiger partial charge in [-0.05, 0) is 25.0 Å². The van der Waals surface area contributed by atoms with Crippen molar-refractivity contribution in [3.63, 3.8) is 0 Å². The molecule has 6 nitrogen and oxygen atoms in total. The van der Waals surface area contributed by atoms with Crippen LogP contribution in [0.3, 0.4) is 0 Å². The van der Waals surface area contributed by atoms with Crippen LogP contribution in [0.2, 0.25) is 0 Å². The molecule has 0 N–H and O–H groups in total. The number of nitrogens with zero attached hydrogens (tertiary/aromatic N) is 2. The molecule has 0 unspecified atom stereocenters. The molecule has 0 aliphatic rings. The van der Waals surface area contributed by atoms with Gasteiger partial charge in [0.05, 0.1) is 35.4 Å². The van der Waals surface area contributed by atoms with Crippen LogP contribution in [0.4, 0.5) is 0 Å². The topological polar surface area (TPSA) is 78.4 Å². The van der Waals surface area contributed by atoms with E-state index in [0.717, 1.165) is 25.7 Å². The Labute approximate surface area is 265 Å². The Morgan fingerprint density at radius 3 is 1.14 bits per heavy atom. The lowest BCUT2D eigenvalue weighted by Gasteiger charge is -2.11. The van der Waals surface area contributed by atoms with Crippen molar-refractivity contribution in [3.8, 4) is 0 Å². The third kappa shape index (κ3) is 12.2. The average Bonchev–Trinajstić information content (AvgIpc) is 3.05. The van der Waals surface area contributed by atoms with E-state index in [9.17, 15) is 9.59 Å². The SMILES string of the molecule is CCCCCCCCCCCCOC(=O)c1ccnc2c1ccc1c(C(=O)OCCCCCCCCCCCC)ccnc12. The number of carbonyl (C=O) groups excluding carboxylic acids is 2. The molecule has 242 valence electrons. The van der Waals surface area contributed by atoms with Crippen LogP contribution >= 0.6 is 0 Å². The summed E-state index contributed by atoms with van der Waals surface area (Å²) in [5, 5.41) is 1.35. The van der Waals surface area contributed by atoms with Gasteiger partial charge in [-0.25, -0.2) is 9.59 Å². The lowest BCUT2D eigenvalue weighted by Crippen LogP contribution is -2.09. The number of fused-ring (bicyclic) bond motifs is 3. The molecule has 0 radical (unpaired) electrons. The first-order valence-electron chi connectivity index (χ1n) is 17.7. The standard InChI is InChI=1S/C38H56N2O4/c1-3-5-7-9-11-13-15-17-19-21-29-43-37(41)33-25-27-39-35-31(33)23-24-32-34(26-28-40-36(32)35)38(42)44-30-22-20-18-16-14-12-10-8-6-4-2/h23-28H,3-22,29-30H2,1-2H3. The number of hydrogen-bond donors (Lipinski definition) is 0. The van der Waals surface area contributed by atoms with Gasteiger partial charge in [0.25, 0.3) is 0 Å². The summed E-state index contributed by atoms with van der Waals surface area (Å²) < 4.78 is 11.3. The van der Waals surface area contributed by atoms with E-state index in [1.165, 1.54) is 103 Å². The molecule has 0 fully saturated rings. The summed E-state index contributed by atoms with van der Waals surface area (Å²) in [7, 11) is 0. The summed E-state index contributed by atoms with van der Waals surface area (Å²) in [4.78, 5) is 35.0. The molecular weight excluding hydrogens is 548 g/mol. The monoisotopic (exact) mass is 604 g/mol. The van der Waals surface area contributed by atoms with Crippen molar-refractivity contribution in [1.82, 2.24) is 9.97 Å². The molecule has 0 spiro atoms. The van der Waals surface area contributed by atoms with Crippen molar-refractivity contribution >= 4 is 33.7 Å². The van der Waals surface area contributed by atoms with Crippen LogP contribution in [0.1, 0.15) is 163 Å². The highest BCUT2D eigenvalue weighted by molar-refractivity contribution is 6.14. The second kappa shape index (κ2) is 21.6. The molecule has 0 amide bonds. The molecule has 0 saturated carbocycles. The smallest absolute Gasteiger partial charge is 0.338 e. The number of esters is 2. The fraction of sp³-hybridized carbons (Fsp3) is 0.632. The Hall–Kier alpha value is -3.02. The largest absolute Gasteiger partial charge is 0.462 e. The second-order valence-corrected chi connectivity index (χ2v) is 12.2. The maximum Gasteiger partial charge on any atom is 0.338 e. The van der Waals surface area contributed by atoms with Gasteiger partial charge in [0, 0.05) is 23.2 Å². The highest BCUT2D eigenvalue weighted by atomic mass is 16.5. The molecule has 0 atom stereocenters. The lowest BCUT2D eigenvalue weighted by atomic mass is 10.0. The molecule has 0 aliphatic heterocycles. The van der Waals surface area contributed by atoms with Gasteiger partial charge in [-0.2, -0.15) is 0 Å². The zero-order valence-electron chi connectivity index (χ0n) is 27.5. The maximum absolute atomic E-state index is 13.0. The molecular formula is C38H56N2O4. The predicted molar refractivity (Wildman–Crippen MR) is 181 cm³/mol. The molecule has 0 aliphatic carbocycles. The first-order chi connectivity index (χ1) is 21.7. The minimum Gasteiger partial charge on any atom is -0.462 e. The van der Waals surface area contributed by atoms with Crippen LogP contribution in [-0.4, -0.2) is 35.1 Å². The molecule has 3 rings (SSSR count). The van der Waals surface area contributed by atoms with Crippen LogP contribution < -0.4 is 0 Å².